The molecule has 3 rings (SSSR count). The van der Waals surface area contributed by atoms with Gasteiger partial charge >= 0.3 is 5.97 Å². The summed E-state index contributed by atoms with van der Waals surface area (Å²) in [6, 6.07) is 5.01. The van der Waals surface area contributed by atoms with Gasteiger partial charge in [-0.1, -0.05) is 12.1 Å². The summed E-state index contributed by atoms with van der Waals surface area (Å²) < 4.78 is 18.9. The number of carbonyl (C=O) groups is 1. The Balaban J connectivity index is 2.05. The van der Waals surface area contributed by atoms with Gasteiger partial charge in [0.2, 0.25) is 5.88 Å². The molecule has 0 unspecified atom stereocenters. The number of aryl methyl sites for hydroxylation is 1. The second-order valence-electron chi connectivity index (χ2n) is 5.02. The molecule has 1 heterocycles. The number of halogens is 1. The van der Waals surface area contributed by atoms with Crippen molar-refractivity contribution in [2.75, 3.05) is 0 Å². The standard InChI is InChI=1S/C15H14FNO2S/c1-8-3-4-11(7-12(8)16)13-14(19-9(2)18)17-15(20-13)10-5-6-10/h3-4,7,10H,5-6H2,1-2H3. The normalized spacial score (nSPS) is 14.3. The lowest BCUT2D eigenvalue weighted by Crippen LogP contribution is -2.02. The quantitative estimate of drug-likeness (QED) is 0.800. The first-order valence-electron chi connectivity index (χ1n) is 6.50. The van der Waals surface area contributed by atoms with Crippen molar-refractivity contribution in [1.82, 2.24) is 4.98 Å². The van der Waals surface area contributed by atoms with Crippen LogP contribution in [-0.2, 0) is 4.79 Å². The van der Waals surface area contributed by atoms with E-state index in [1.54, 1.807) is 13.0 Å². The van der Waals surface area contributed by atoms with E-state index >= 15 is 0 Å². The minimum absolute atomic E-state index is 0.266. The first-order chi connectivity index (χ1) is 9.54. The van der Waals surface area contributed by atoms with Crippen molar-refractivity contribution in [2.45, 2.75) is 32.6 Å². The number of hydrogen-bond donors (Lipinski definition) is 0. The third-order valence-corrected chi connectivity index (χ3v) is 4.46. The molecule has 1 fully saturated rings. The lowest BCUT2D eigenvalue weighted by atomic mass is 10.1. The molecule has 2 aromatic rings. The van der Waals surface area contributed by atoms with Crippen LogP contribution in [0.25, 0.3) is 10.4 Å². The molecule has 0 amide bonds. The molecule has 0 atom stereocenters. The predicted molar refractivity (Wildman–Crippen MR) is 75.5 cm³/mol. The van der Waals surface area contributed by atoms with Gasteiger partial charge in [-0.05, 0) is 31.4 Å². The van der Waals surface area contributed by atoms with Crippen LogP contribution in [0, 0.1) is 12.7 Å². The van der Waals surface area contributed by atoms with Crippen LogP contribution in [0.15, 0.2) is 18.2 Å². The molecule has 0 radical (unpaired) electrons. The Morgan fingerprint density at radius 2 is 2.20 bits per heavy atom. The number of esters is 1. The molecule has 20 heavy (non-hydrogen) atoms. The van der Waals surface area contributed by atoms with Crippen molar-refractivity contribution in [3.8, 4) is 16.3 Å². The Kier molecular flexibility index (Phi) is 3.30. The highest BCUT2D eigenvalue weighted by molar-refractivity contribution is 7.15. The number of thiazole rings is 1. The highest BCUT2D eigenvalue weighted by Crippen LogP contribution is 2.47. The van der Waals surface area contributed by atoms with E-state index in [1.165, 1.54) is 24.3 Å². The van der Waals surface area contributed by atoms with Crippen molar-refractivity contribution in [3.63, 3.8) is 0 Å². The molecule has 0 N–H and O–H groups in total. The van der Waals surface area contributed by atoms with Gasteiger partial charge in [-0.25, -0.2) is 9.37 Å². The lowest BCUT2D eigenvalue weighted by Gasteiger charge is -2.03. The summed E-state index contributed by atoms with van der Waals surface area (Å²) in [5.74, 6) is 0.0927. The molecular weight excluding hydrogens is 277 g/mol. The molecule has 3 nitrogen and oxygen atoms in total. The number of benzene rings is 1. The van der Waals surface area contributed by atoms with Gasteiger partial charge < -0.3 is 4.74 Å². The summed E-state index contributed by atoms with van der Waals surface area (Å²) >= 11 is 1.48. The largest absolute Gasteiger partial charge is 0.406 e. The van der Waals surface area contributed by atoms with Gasteiger partial charge in [0.25, 0.3) is 0 Å². The monoisotopic (exact) mass is 291 g/mol. The third-order valence-electron chi connectivity index (χ3n) is 3.21. The van der Waals surface area contributed by atoms with Gasteiger partial charge in [-0.2, -0.15) is 0 Å². The molecule has 0 aliphatic heterocycles. The summed E-state index contributed by atoms with van der Waals surface area (Å²) in [6.45, 7) is 3.06. The van der Waals surface area contributed by atoms with Crippen LogP contribution in [0.4, 0.5) is 4.39 Å². The van der Waals surface area contributed by atoms with Gasteiger partial charge in [-0.3, -0.25) is 4.79 Å². The zero-order valence-electron chi connectivity index (χ0n) is 11.3. The number of aromatic nitrogens is 1. The number of hydrogen-bond acceptors (Lipinski definition) is 4. The van der Waals surface area contributed by atoms with E-state index in [-0.39, 0.29) is 5.82 Å². The van der Waals surface area contributed by atoms with Crippen molar-refractivity contribution < 1.29 is 13.9 Å². The third kappa shape index (κ3) is 2.58. The summed E-state index contributed by atoms with van der Waals surface area (Å²) in [7, 11) is 0. The van der Waals surface area contributed by atoms with Gasteiger partial charge in [0.15, 0.2) is 0 Å². The van der Waals surface area contributed by atoms with Gasteiger partial charge in [-0.15, -0.1) is 11.3 Å². The Morgan fingerprint density at radius 3 is 2.80 bits per heavy atom. The van der Waals surface area contributed by atoms with Gasteiger partial charge in [0.05, 0.1) is 4.88 Å². The summed E-state index contributed by atoms with van der Waals surface area (Å²) in [5.41, 5.74) is 1.29. The van der Waals surface area contributed by atoms with Crippen LogP contribution in [0.3, 0.4) is 0 Å². The van der Waals surface area contributed by atoms with E-state index in [0.29, 0.717) is 22.9 Å². The fourth-order valence-electron chi connectivity index (χ4n) is 1.95. The molecular formula is C15H14FNO2S. The SMILES string of the molecule is CC(=O)Oc1nc(C2CC2)sc1-c1ccc(C)c(F)c1. The van der Waals surface area contributed by atoms with Crippen molar-refractivity contribution in [1.29, 1.82) is 0 Å². The van der Waals surface area contributed by atoms with E-state index in [0.717, 1.165) is 22.7 Å². The van der Waals surface area contributed by atoms with Gasteiger partial charge in [0.1, 0.15) is 10.8 Å². The molecule has 0 spiro atoms. The fraction of sp³-hybridized carbons (Fsp3) is 0.333. The molecule has 104 valence electrons. The summed E-state index contributed by atoms with van der Waals surface area (Å²) in [4.78, 5) is 16.3. The number of nitrogens with zero attached hydrogens (tertiary/aromatic N) is 1. The Labute approximate surface area is 120 Å². The Bertz CT molecular complexity index is 677. The zero-order valence-corrected chi connectivity index (χ0v) is 12.1. The molecule has 1 aromatic heterocycles. The molecule has 0 bridgehead atoms. The zero-order chi connectivity index (χ0) is 14.3. The molecule has 1 saturated carbocycles. The topological polar surface area (TPSA) is 39.2 Å². The first kappa shape index (κ1) is 13.2. The maximum Gasteiger partial charge on any atom is 0.309 e. The smallest absolute Gasteiger partial charge is 0.309 e. The van der Waals surface area contributed by atoms with E-state index in [4.69, 9.17) is 4.74 Å². The van der Waals surface area contributed by atoms with Crippen molar-refractivity contribution in [3.05, 3.63) is 34.6 Å². The molecule has 1 aromatic carbocycles. The van der Waals surface area contributed by atoms with E-state index in [9.17, 15) is 9.18 Å². The fourth-order valence-corrected chi connectivity index (χ4v) is 3.11. The Hall–Kier alpha value is -1.75. The number of carbonyl (C=O) groups excluding carboxylic acids is 1. The van der Waals surface area contributed by atoms with Gasteiger partial charge in [0, 0.05) is 18.4 Å². The van der Waals surface area contributed by atoms with Crippen LogP contribution < -0.4 is 4.74 Å². The molecule has 5 heteroatoms. The minimum atomic E-state index is -0.411. The number of ether oxygens (including phenoxy) is 1. The van der Waals surface area contributed by atoms with Crippen molar-refractivity contribution in [2.24, 2.45) is 0 Å². The second-order valence-corrected chi connectivity index (χ2v) is 6.05. The lowest BCUT2D eigenvalue weighted by molar-refractivity contribution is -0.132. The van der Waals surface area contributed by atoms with Crippen LogP contribution in [0.1, 0.15) is 36.3 Å². The summed E-state index contributed by atoms with van der Waals surface area (Å²) in [6.07, 6.45) is 2.24. The molecule has 0 saturated heterocycles. The van der Waals surface area contributed by atoms with Crippen LogP contribution in [-0.4, -0.2) is 11.0 Å². The van der Waals surface area contributed by atoms with Crippen LogP contribution in [0.2, 0.25) is 0 Å². The van der Waals surface area contributed by atoms with Crippen LogP contribution >= 0.6 is 11.3 Å². The number of rotatable bonds is 3. The summed E-state index contributed by atoms with van der Waals surface area (Å²) in [5, 5.41) is 0.970. The van der Waals surface area contributed by atoms with E-state index < -0.39 is 5.97 Å². The average molecular weight is 291 g/mol. The highest BCUT2D eigenvalue weighted by Gasteiger charge is 2.29. The predicted octanol–water partition coefficient (Wildman–Crippen LogP) is 4.06. The highest BCUT2D eigenvalue weighted by atomic mass is 32.1. The Morgan fingerprint density at radius 1 is 1.45 bits per heavy atom. The average Bonchev–Trinajstić information content (AvgIpc) is 3.15. The molecule has 1 aliphatic carbocycles. The first-order valence-corrected chi connectivity index (χ1v) is 7.32. The maximum atomic E-state index is 13.7. The second kappa shape index (κ2) is 4.98. The van der Waals surface area contributed by atoms with Crippen molar-refractivity contribution >= 4 is 17.3 Å². The maximum absolute atomic E-state index is 13.7. The van der Waals surface area contributed by atoms with Crippen LogP contribution in [0.5, 0.6) is 5.88 Å². The minimum Gasteiger partial charge on any atom is -0.406 e. The molecule has 1 aliphatic rings. The van der Waals surface area contributed by atoms with E-state index in [1.807, 2.05) is 6.07 Å². The van der Waals surface area contributed by atoms with E-state index in [2.05, 4.69) is 4.98 Å².